The highest BCUT2D eigenvalue weighted by atomic mass is 19.4. The van der Waals surface area contributed by atoms with Crippen molar-refractivity contribution in [3.63, 3.8) is 0 Å². The molecule has 3 fully saturated rings. The summed E-state index contributed by atoms with van der Waals surface area (Å²) in [5.41, 5.74) is 3.39. The van der Waals surface area contributed by atoms with Gasteiger partial charge in [-0.25, -0.2) is 0 Å². The van der Waals surface area contributed by atoms with E-state index in [0.717, 1.165) is 60.8 Å². The van der Waals surface area contributed by atoms with Crippen molar-refractivity contribution in [1.29, 1.82) is 0 Å². The number of hydrogen-bond donors (Lipinski definition) is 0. The molecule has 1 amide bonds. The van der Waals surface area contributed by atoms with Gasteiger partial charge in [0.1, 0.15) is 0 Å². The van der Waals surface area contributed by atoms with Crippen LogP contribution in [-0.4, -0.2) is 52.9 Å². The lowest BCUT2D eigenvalue weighted by Crippen LogP contribution is -2.48. The maximum absolute atomic E-state index is 13.8. The van der Waals surface area contributed by atoms with Crippen LogP contribution in [-0.2, 0) is 17.5 Å². The van der Waals surface area contributed by atoms with Gasteiger partial charge in [0.2, 0.25) is 5.91 Å². The Hall–Kier alpha value is -3.65. The molecule has 2 saturated carbocycles. The van der Waals surface area contributed by atoms with E-state index >= 15 is 0 Å². The molecule has 0 atom stereocenters. The maximum atomic E-state index is 13.8. The summed E-state index contributed by atoms with van der Waals surface area (Å²) in [4.78, 5) is 24.7. The molecule has 244 valence electrons. The number of benzene rings is 2. The molecule has 0 unspecified atom stereocenters. The van der Waals surface area contributed by atoms with E-state index < -0.39 is 11.7 Å². The molecule has 0 radical (unpaired) electrons. The van der Waals surface area contributed by atoms with Crippen LogP contribution >= 0.6 is 0 Å². The van der Waals surface area contributed by atoms with Gasteiger partial charge in [-0.3, -0.25) is 9.78 Å². The Morgan fingerprint density at radius 2 is 1.48 bits per heavy atom. The first-order chi connectivity index (χ1) is 22.2. The average Bonchev–Trinajstić information content (AvgIpc) is 3.62. The molecule has 3 aliphatic rings. The van der Waals surface area contributed by atoms with Crippen LogP contribution in [0.2, 0.25) is 0 Å². The molecule has 8 heteroatoms. The second-order valence-corrected chi connectivity index (χ2v) is 13.6. The zero-order chi connectivity index (χ0) is 32.1. The average molecular weight is 631 g/mol. The summed E-state index contributed by atoms with van der Waals surface area (Å²) in [6, 6.07) is 18.1. The Morgan fingerprint density at radius 3 is 2.09 bits per heavy atom. The number of anilines is 2. The van der Waals surface area contributed by atoms with Crippen LogP contribution in [0.3, 0.4) is 0 Å². The molecule has 1 aliphatic heterocycles. The number of amides is 1. The van der Waals surface area contributed by atoms with Gasteiger partial charge in [-0.05, 0) is 123 Å². The predicted octanol–water partition coefficient (Wildman–Crippen LogP) is 8.88. The molecule has 1 saturated heterocycles. The fourth-order valence-electron chi connectivity index (χ4n) is 7.83. The van der Waals surface area contributed by atoms with E-state index in [1.807, 2.05) is 24.1 Å². The van der Waals surface area contributed by atoms with Crippen LogP contribution in [0.5, 0.6) is 0 Å². The Bertz CT molecular complexity index is 1450. The van der Waals surface area contributed by atoms with Gasteiger partial charge in [0, 0.05) is 55.5 Å². The summed E-state index contributed by atoms with van der Waals surface area (Å²) >= 11 is 0. The third kappa shape index (κ3) is 7.65. The van der Waals surface area contributed by atoms with Gasteiger partial charge in [0.15, 0.2) is 0 Å². The summed E-state index contributed by atoms with van der Waals surface area (Å²) in [5.74, 6) is -0.102. The van der Waals surface area contributed by atoms with Crippen molar-refractivity contribution in [3.8, 4) is 0 Å². The van der Waals surface area contributed by atoms with E-state index in [1.54, 1.807) is 18.5 Å². The number of alkyl halides is 3. The van der Waals surface area contributed by atoms with Gasteiger partial charge in [-0.1, -0.05) is 37.1 Å². The predicted molar refractivity (Wildman–Crippen MR) is 178 cm³/mol. The highest BCUT2D eigenvalue weighted by Crippen LogP contribution is 2.46. The van der Waals surface area contributed by atoms with Crippen molar-refractivity contribution >= 4 is 23.4 Å². The smallest absolute Gasteiger partial charge is 0.345 e. The molecule has 5 nitrogen and oxygen atoms in total. The molecular weight excluding hydrogens is 585 g/mol. The lowest BCUT2D eigenvalue weighted by Gasteiger charge is -2.48. The second-order valence-electron chi connectivity index (χ2n) is 13.6. The Kier molecular flexibility index (Phi) is 9.83. The molecule has 1 aromatic heterocycles. The molecule has 6 rings (SSSR count). The fraction of sp³-hybridized carbons (Fsp3) is 0.474. The number of carbonyl (C=O) groups is 1. The number of likely N-dealkylation sites (tertiary alicyclic amines) is 1. The largest absolute Gasteiger partial charge is 0.416 e. The monoisotopic (exact) mass is 630 g/mol. The van der Waals surface area contributed by atoms with Crippen molar-refractivity contribution in [3.05, 3.63) is 95.8 Å². The first kappa shape index (κ1) is 32.3. The molecule has 3 aromatic rings. The van der Waals surface area contributed by atoms with Crippen LogP contribution in [0.15, 0.2) is 79.1 Å². The van der Waals surface area contributed by atoms with E-state index in [-0.39, 0.29) is 11.9 Å². The first-order valence-electron chi connectivity index (χ1n) is 16.8. The Labute approximate surface area is 271 Å². The molecule has 2 aromatic carbocycles. The number of pyridine rings is 1. The zero-order valence-electron chi connectivity index (χ0n) is 26.8. The summed E-state index contributed by atoms with van der Waals surface area (Å²) < 4.78 is 39.1. The van der Waals surface area contributed by atoms with E-state index in [1.165, 1.54) is 69.8 Å². The topological polar surface area (TPSA) is 39.7 Å². The van der Waals surface area contributed by atoms with Crippen molar-refractivity contribution in [2.24, 2.45) is 5.41 Å². The van der Waals surface area contributed by atoms with E-state index in [4.69, 9.17) is 0 Å². The number of halogens is 3. The molecule has 1 spiro atoms. The minimum Gasteiger partial charge on any atom is -0.345 e. The SMILES string of the molecule is CN(c1ccncc1)c1ccc(CN(C(=O)C=Cc2ccc(C(F)(F)F)cc2)C2CCC3(CC2)CCN(C2CCCC2)CC3)cc1. The fourth-order valence-corrected chi connectivity index (χ4v) is 7.83. The van der Waals surface area contributed by atoms with Gasteiger partial charge in [0.05, 0.1) is 5.56 Å². The van der Waals surface area contributed by atoms with E-state index in [0.29, 0.717) is 17.5 Å². The summed E-state index contributed by atoms with van der Waals surface area (Å²) in [7, 11) is 2.02. The number of rotatable bonds is 8. The van der Waals surface area contributed by atoms with Crippen LogP contribution in [0.1, 0.15) is 80.9 Å². The number of hydrogen-bond acceptors (Lipinski definition) is 4. The van der Waals surface area contributed by atoms with Gasteiger partial charge < -0.3 is 14.7 Å². The van der Waals surface area contributed by atoms with Gasteiger partial charge in [-0.15, -0.1) is 0 Å². The molecule has 0 N–H and O–H groups in total. The number of aromatic nitrogens is 1. The Morgan fingerprint density at radius 1 is 0.870 bits per heavy atom. The highest BCUT2D eigenvalue weighted by molar-refractivity contribution is 5.92. The van der Waals surface area contributed by atoms with Crippen LogP contribution in [0.4, 0.5) is 24.5 Å². The quantitative estimate of drug-likeness (QED) is 0.233. The second kappa shape index (κ2) is 14.0. The summed E-state index contributed by atoms with van der Waals surface area (Å²) in [6.07, 6.45) is 14.5. The van der Waals surface area contributed by atoms with Gasteiger partial charge in [-0.2, -0.15) is 13.2 Å². The zero-order valence-corrected chi connectivity index (χ0v) is 26.8. The van der Waals surface area contributed by atoms with E-state index in [2.05, 4.69) is 39.0 Å². The van der Waals surface area contributed by atoms with Crippen LogP contribution < -0.4 is 4.90 Å². The van der Waals surface area contributed by atoms with Crippen molar-refractivity contribution in [1.82, 2.24) is 14.8 Å². The molecule has 46 heavy (non-hydrogen) atoms. The Balaban J connectivity index is 1.14. The van der Waals surface area contributed by atoms with Crippen molar-refractivity contribution in [2.45, 2.75) is 89.0 Å². The highest BCUT2D eigenvalue weighted by Gasteiger charge is 2.41. The normalized spacial score (nSPS) is 19.6. The van der Waals surface area contributed by atoms with Crippen LogP contribution in [0, 0.1) is 5.41 Å². The van der Waals surface area contributed by atoms with E-state index in [9.17, 15) is 18.0 Å². The van der Waals surface area contributed by atoms with Gasteiger partial charge >= 0.3 is 6.18 Å². The first-order valence-corrected chi connectivity index (χ1v) is 16.8. The molecular formula is C38H45F3N4O. The molecule has 2 aliphatic carbocycles. The molecule has 2 heterocycles. The third-order valence-corrected chi connectivity index (χ3v) is 10.8. The standard InChI is InChI=1S/C38H45F3N4O/c1-43(33-18-24-42-25-19-33)32-13-8-30(9-14-32)28-45(36(46)15-10-29-6-11-31(12-7-29)38(39,40)41)35-16-20-37(21-17-35)22-26-44(27-23-37)34-4-2-3-5-34/h6-15,18-19,24-25,34-35H,2-5,16-17,20-23,26-28H2,1H3. The maximum Gasteiger partial charge on any atom is 0.416 e. The van der Waals surface area contributed by atoms with Crippen molar-refractivity contribution < 1.29 is 18.0 Å². The number of piperidine rings is 1. The third-order valence-electron chi connectivity index (χ3n) is 10.8. The summed E-state index contributed by atoms with van der Waals surface area (Å²) in [5, 5.41) is 0. The number of nitrogens with zero attached hydrogens (tertiary/aromatic N) is 4. The lowest BCUT2D eigenvalue weighted by atomic mass is 9.66. The van der Waals surface area contributed by atoms with Crippen LogP contribution in [0.25, 0.3) is 6.08 Å². The summed E-state index contributed by atoms with van der Waals surface area (Å²) in [6.45, 7) is 2.89. The lowest BCUT2D eigenvalue weighted by molar-refractivity contribution is -0.137. The molecule has 0 bridgehead atoms. The minimum absolute atomic E-state index is 0.102. The minimum atomic E-state index is -4.39. The number of carbonyl (C=O) groups excluding carboxylic acids is 1. The van der Waals surface area contributed by atoms with Gasteiger partial charge in [0.25, 0.3) is 0 Å². The van der Waals surface area contributed by atoms with Crippen molar-refractivity contribution in [2.75, 3.05) is 25.0 Å².